The second kappa shape index (κ2) is 7.45. The number of nitrogens with one attached hydrogen (secondary N) is 2. The van der Waals surface area contributed by atoms with Crippen LogP contribution in [0.15, 0.2) is 6.07 Å². The highest BCUT2D eigenvalue weighted by Gasteiger charge is 2.30. The summed E-state index contributed by atoms with van der Waals surface area (Å²) in [5.41, 5.74) is 8.58. The average molecular weight is 445 g/mol. The van der Waals surface area contributed by atoms with Crippen molar-refractivity contribution in [1.82, 2.24) is 10.6 Å². The molecule has 2 aliphatic rings. The van der Waals surface area contributed by atoms with E-state index in [0.717, 1.165) is 47.2 Å². The van der Waals surface area contributed by atoms with Gasteiger partial charge in [-0.3, -0.25) is 4.79 Å². The van der Waals surface area contributed by atoms with E-state index in [-0.39, 0.29) is 12.5 Å². The van der Waals surface area contributed by atoms with Gasteiger partial charge in [0.1, 0.15) is 5.75 Å². The number of hydrogen-bond donors (Lipinski definition) is 4. The Kier molecular flexibility index (Phi) is 5.51. The van der Waals surface area contributed by atoms with Gasteiger partial charge in [-0.25, -0.2) is 0 Å². The lowest BCUT2D eigenvalue weighted by Gasteiger charge is -2.32. The van der Waals surface area contributed by atoms with E-state index >= 15 is 0 Å². The summed E-state index contributed by atoms with van der Waals surface area (Å²) in [6.45, 7) is 2.40. The molecule has 0 aliphatic carbocycles. The average Bonchev–Trinajstić information content (AvgIpc) is 2.61. The molecular formula is C17H24IN3O3. The van der Waals surface area contributed by atoms with Crippen molar-refractivity contribution in [2.24, 2.45) is 0 Å². The van der Waals surface area contributed by atoms with Gasteiger partial charge >= 0.3 is 0 Å². The molecule has 1 saturated heterocycles. The molecule has 0 spiro atoms. The van der Waals surface area contributed by atoms with Crippen LogP contribution >= 0.6 is 22.6 Å². The maximum absolute atomic E-state index is 12.7. The Hall–Kier alpha value is -1.06. The fraction of sp³-hybridized carbons (Fsp3) is 0.588. The van der Waals surface area contributed by atoms with Gasteiger partial charge in [-0.2, -0.15) is 0 Å². The normalized spacial score (nSPS) is 19.2. The number of nitrogens with two attached hydrogens (primary N) is 1. The van der Waals surface area contributed by atoms with Crippen molar-refractivity contribution in [2.75, 3.05) is 32.0 Å². The van der Waals surface area contributed by atoms with Gasteiger partial charge in [0.05, 0.1) is 17.8 Å². The smallest absolute Gasteiger partial charge is 0.255 e. The van der Waals surface area contributed by atoms with E-state index in [0.29, 0.717) is 30.8 Å². The molecule has 0 unspecified atom stereocenters. The molecule has 0 radical (unpaired) electrons. The molecule has 0 atom stereocenters. The summed E-state index contributed by atoms with van der Waals surface area (Å²) in [5, 5.41) is 16.6. The zero-order valence-corrected chi connectivity index (χ0v) is 15.8. The molecule has 2 heterocycles. The Labute approximate surface area is 155 Å². The van der Waals surface area contributed by atoms with Gasteiger partial charge in [0, 0.05) is 22.2 Å². The minimum atomic E-state index is -0.832. The maximum atomic E-state index is 12.7. The summed E-state index contributed by atoms with van der Waals surface area (Å²) in [7, 11) is 0. The number of fused-ring (bicyclic) bond motifs is 1. The summed E-state index contributed by atoms with van der Waals surface area (Å²) in [6.07, 6.45) is 3.03. The quantitative estimate of drug-likeness (QED) is 0.319. The number of halogens is 1. The molecule has 0 saturated carbocycles. The van der Waals surface area contributed by atoms with E-state index in [1.54, 1.807) is 0 Å². The Morgan fingerprint density at radius 2 is 2.21 bits per heavy atom. The van der Waals surface area contributed by atoms with Crippen LogP contribution in [0.5, 0.6) is 5.75 Å². The number of amides is 1. The summed E-state index contributed by atoms with van der Waals surface area (Å²) < 4.78 is 6.50. The highest BCUT2D eigenvalue weighted by Crippen LogP contribution is 2.37. The van der Waals surface area contributed by atoms with Crippen molar-refractivity contribution < 1.29 is 14.6 Å². The third-order valence-corrected chi connectivity index (χ3v) is 5.65. The van der Waals surface area contributed by atoms with Gasteiger partial charge in [0.2, 0.25) is 0 Å². The van der Waals surface area contributed by atoms with Crippen molar-refractivity contribution in [3.05, 3.63) is 22.8 Å². The topological polar surface area (TPSA) is 96.6 Å². The standard InChI is InChI=1S/C17H24IN3O3/c18-9-11-8-13(15-12(14(11)19)2-1-7-24-15)16(22)21-10-17(23)3-5-20-6-4-17/h8,20,23H,1-7,9-10,19H2,(H,21,22). The van der Waals surface area contributed by atoms with Gasteiger partial charge in [-0.05, 0) is 50.4 Å². The summed E-state index contributed by atoms with van der Waals surface area (Å²) in [4.78, 5) is 12.7. The number of carbonyl (C=O) groups excluding carboxylic acids is 1. The van der Waals surface area contributed by atoms with E-state index in [2.05, 4.69) is 33.2 Å². The first-order valence-electron chi connectivity index (χ1n) is 8.38. The zero-order valence-electron chi connectivity index (χ0n) is 13.7. The molecular weight excluding hydrogens is 421 g/mol. The van der Waals surface area contributed by atoms with Crippen LogP contribution in [0.3, 0.4) is 0 Å². The number of carbonyl (C=O) groups is 1. The van der Waals surface area contributed by atoms with Crippen LogP contribution in [-0.2, 0) is 10.8 Å². The predicted molar refractivity (Wildman–Crippen MR) is 102 cm³/mol. The number of rotatable bonds is 4. The number of hydrogen-bond acceptors (Lipinski definition) is 5. The van der Waals surface area contributed by atoms with Gasteiger partial charge < -0.3 is 26.2 Å². The Bertz CT molecular complexity index is 630. The van der Waals surface area contributed by atoms with Gasteiger partial charge in [-0.15, -0.1) is 0 Å². The number of alkyl halides is 1. The number of benzene rings is 1. The van der Waals surface area contributed by atoms with Crippen LogP contribution in [0.2, 0.25) is 0 Å². The molecule has 1 aromatic carbocycles. The van der Waals surface area contributed by atoms with Crippen molar-refractivity contribution in [3.8, 4) is 5.75 Å². The van der Waals surface area contributed by atoms with Crippen LogP contribution in [0.1, 0.15) is 40.7 Å². The van der Waals surface area contributed by atoms with Gasteiger partial charge in [-0.1, -0.05) is 22.6 Å². The summed E-state index contributed by atoms with van der Waals surface area (Å²) in [6, 6.07) is 1.83. The minimum absolute atomic E-state index is 0.203. The highest BCUT2D eigenvalue weighted by molar-refractivity contribution is 14.1. The van der Waals surface area contributed by atoms with Crippen LogP contribution in [0.25, 0.3) is 0 Å². The van der Waals surface area contributed by atoms with Crippen LogP contribution in [-0.4, -0.2) is 42.9 Å². The van der Waals surface area contributed by atoms with Crippen LogP contribution < -0.4 is 21.1 Å². The highest BCUT2D eigenvalue weighted by atomic mass is 127. The molecule has 24 heavy (non-hydrogen) atoms. The molecule has 0 aromatic heterocycles. The Morgan fingerprint density at radius 1 is 1.46 bits per heavy atom. The first kappa shape index (κ1) is 17.8. The predicted octanol–water partition coefficient (Wildman–Crippen LogP) is 1.37. The number of aliphatic hydroxyl groups is 1. The third kappa shape index (κ3) is 3.62. The van der Waals surface area contributed by atoms with E-state index in [1.165, 1.54) is 0 Å². The van der Waals surface area contributed by atoms with Crippen molar-refractivity contribution in [3.63, 3.8) is 0 Å². The summed E-state index contributed by atoms with van der Waals surface area (Å²) in [5.74, 6) is 0.411. The van der Waals surface area contributed by atoms with Gasteiger partial charge in [0.15, 0.2) is 0 Å². The van der Waals surface area contributed by atoms with Crippen molar-refractivity contribution >= 4 is 34.2 Å². The molecule has 5 N–H and O–H groups in total. The van der Waals surface area contributed by atoms with E-state index in [1.807, 2.05) is 6.07 Å². The number of ether oxygens (including phenoxy) is 1. The lowest BCUT2D eigenvalue weighted by Crippen LogP contribution is -2.49. The van der Waals surface area contributed by atoms with E-state index in [9.17, 15) is 9.90 Å². The maximum Gasteiger partial charge on any atom is 0.255 e. The van der Waals surface area contributed by atoms with E-state index in [4.69, 9.17) is 10.5 Å². The molecule has 1 fully saturated rings. The molecule has 6 nitrogen and oxygen atoms in total. The number of piperidine rings is 1. The first-order valence-corrected chi connectivity index (χ1v) is 9.91. The largest absolute Gasteiger partial charge is 0.492 e. The first-order chi connectivity index (χ1) is 11.5. The zero-order chi connectivity index (χ0) is 17.2. The molecule has 2 aliphatic heterocycles. The molecule has 3 rings (SSSR count). The fourth-order valence-corrected chi connectivity index (χ4v) is 3.95. The number of anilines is 1. The lowest BCUT2D eigenvalue weighted by molar-refractivity contribution is 0.0112. The molecule has 7 heteroatoms. The molecule has 1 amide bonds. The van der Waals surface area contributed by atoms with Crippen LogP contribution in [0, 0.1) is 0 Å². The van der Waals surface area contributed by atoms with E-state index < -0.39 is 5.60 Å². The second-order valence-electron chi connectivity index (χ2n) is 6.55. The van der Waals surface area contributed by atoms with Crippen molar-refractivity contribution in [2.45, 2.75) is 35.7 Å². The Balaban J connectivity index is 1.81. The monoisotopic (exact) mass is 445 g/mol. The second-order valence-corrected chi connectivity index (χ2v) is 7.31. The fourth-order valence-electron chi connectivity index (χ4n) is 3.32. The molecule has 1 aromatic rings. The summed E-state index contributed by atoms with van der Waals surface area (Å²) >= 11 is 2.25. The van der Waals surface area contributed by atoms with Crippen molar-refractivity contribution in [1.29, 1.82) is 0 Å². The number of nitrogen functional groups attached to an aromatic ring is 1. The Morgan fingerprint density at radius 3 is 2.92 bits per heavy atom. The molecule has 132 valence electrons. The third-order valence-electron chi connectivity index (χ3n) is 4.83. The van der Waals surface area contributed by atoms with Gasteiger partial charge in [0.25, 0.3) is 5.91 Å². The SMILES string of the molecule is Nc1c(CI)cc(C(=O)NCC2(O)CCNCC2)c2c1CCCO2. The van der Waals surface area contributed by atoms with Crippen LogP contribution in [0.4, 0.5) is 5.69 Å². The molecule has 0 bridgehead atoms. The minimum Gasteiger partial charge on any atom is -0.492 e. The lowest BCUT2D eigenvalue weighted by atomic mass is 9.92.